The van der Waals surface area contributed by atoms with Crippen molar-refractivity contribution in [1.29, 1.82) is 0 Å². The zero-order valence-corrected chi connectivity index (χ0v) is 13.5. The van der Waals surface area contributed by atoms with Crippen LogP contribution in [-0.2, 0) is 20.6 Å². The minimum atomic E-state index is -3.48. The Morgan fingerprint density at radius 2 is 2.00 bits per heavy atom. The van der Waals surface area contributed by atoms with E-state index in [1.165, 1.54) is 10.4 Å². The SMILES string of the molecule is COC1CCN(S(=O)(=O)c2ccc(Cl)c(CCl)c2)CC1. The van der Waals surface area contributed by atoms with E-state index >= 15 is 0 Å². The Morgan fingerprint density at radius 1 is 1.35 bits per heavy atom. The quantitative estimate of drug-likeness (QED) is 0.793. The molecule has 0 spiro atoms. The molecule has 1 saturated heterocycles. The van der Waals surface area contributed by atoms with E-state index in [1.807, 2.05) is 0 Å². The van der Waals surface area contributed by atoms with Crippen molar-refractivity contribution in [2.45, 2.75) is 29.7 Å². The number of hydrogen-bond acceptors (Lipinski definition) is 3. The molecule has 0 bridgehead atoms. The van der Waals surface area contributed by atoms with Crippen LogP contribution in [0, 0.1) is 0 Å². The molecule has 20 heavy (non-hydrogen) atoms. The van der Waals surface area contributed by atoms with Crippen molar-refractivity contribution in [2.75, 3.05) is 20.2 Å². The molecule has 0 aliphatic carbocycles. The maximum atomic E-state index is 12.6. The largest absolute Gasteiger partial charge is 0.381 e. The van der Waals surface area contributed by atoms with Crippen LogP contribution in [0.1, 0.15) is 18.4 Å². The molecule has 0 unspecified atom stereocenters. The molecule has 4 nitrogen and oxygen atoms in total. The van der Waals surface area contributed by atoms with Gasteiger partial charge >= 0.3 is 0 Å². The van der Waals surface area contributed by atoms with Gasteiger partial charge in [-0.2, -0.15) is 4.31 Å². The second kappa shape index (κ2) is 6.62. The van der Waals surface area contributed by atoms with Crippen LogP contribution in [0.4, 0.5) is 0 Å². The number of sulfonamides is 1. The molecule has 0 N–H and O–H groups in total. The van der Waals surface area contributed by atoms with E-state index in [-0.39, 0.29) is 16.9 Å². The van der Waals surface area contributed by atoms with Gasteiger partial charge in [-0.25, -0.2) is 8.42 Å². The normalized spacial score (nSPS) is 18.4. The lowest BCUT2D eigenvalue weighted by molar-refractivity contribution is 0.0604. The van der Waals surface area contributed by atoms with Gasteiger partial charge in [0, 0.05) is 31.1 Å². The lowest BCUT2D eigenvalue weighted by Crippen LogP contribution is -2.40. The van der Waals surface area contributed by atoms with Gasteiger partial charge in [-0.05, 0) is 36.6 Å². The Kier molecular flexibility index (Phi) is 5.31. The molecule has 1 aromatic carbocycles. The first-order chi connectivity index (χ1) is 9.48. The number of halogens is 2. The standard InChI is InChI=1S/C13H17Cl2NO3S/c1-19-11-4-6-16(7-5-11)20(17,18)12-2-3-13(15)10(8-12)9-14/h2-3,8,11H,4-7,9H2,1H3. The van der Waals surface area contributed by atoms with Gasteiger partial charge in [0.15, 0.2) is 0 Å². The summed E-state index contributed by atoms with van der Waals surface area (Å²) in [5.74, 6) is 0.188. The molecule has 1 heterocycles. The van der Waals surface area contributed by atoms with Crippen LogP contribution in [0.3, 0.4) is 0 Å². The van der Waals surface area contributed by atoms with E-state index in [0.29, 0.717) is 36.5 Å². The lowest BCUT2D eigenvalue weighted by atomic mass is 10.1. The Balaban J connectivity index is 2.22. The monoisotopic (exact) mass is 337 g/mol. The van der Waals surface area contributed by atoms with Gasteiger partial charge in [0.05, 0.1) is 11.0 Å². The fourth-order valence-corrected chi connectivity index (χ4v) is 4.27. The number of alkyl halides is 1. The molecule has 0 atom stereocenters. The van der Waals surface area contributed by atoms with Crippen LogP contribution in [0.15, 0.2) is 23.1 Å². The third-order valence-corrected chi connectivity index (χ3v) is 6.08. The summed E-state index contributed by atoms with van der Waals surface area (Å²) in [5.41, 5.74) is 0.626. The molecule has 112 valence electrons. The molecule has 2 rings (SSSR count). The van der Waals surface area contributed by atoms with Crippen LogP contribution in [-0.4, -0.2) is 39.0 Å². The first kappa shape index (κ1) is 16.0. The number of ether oxygens (including phenoxy) is 1. The summed E-state index contributed by atoms with van der Waals surface area (Å²) >= 11 is 11.7. The molecule has 1 aliphatic heterocycles. The smallest absolute Gasteiger partial charge is 0.243 e. The van der Waals surface area contributed by atoms with E-state index in [1.54, 1.807) is 19.2 Å². The zero-order chi connectivity index (χ0) is 14.8. The topological polar surface area (TPSA) is 46.6 Å². The summed E-state index contributed by atoms with van der Waals surface area (Å²) in [5, 5.41) is 0.483. The van der Waals surface area contributed by atoms with Crippen molar-refractivity contribution in [3.05, 3.63) is 28.8 Å². The van der Waals surface area contributed by atoms with Crippen LogP contribution >= 0.6 is 23.2 Å². The molecule has 1 aliphatic rings. The molecular formula is C13H17Cl2NO3S. The Labute approximate surface area is 129 Å². The summed E-state index contributed by atoms with van der Waals surface area (Å²) in [6.07, 6.45) is 1.57. The molecule has 7 heteroatoms. The van der Waals surface area contributed by atoms with Crippen molar-refractivity contribution in [3.63, 3.8) is 0 Å². The summed E-state index contributed by atoms with van der Waals surface area (Å²) < 4.78 is 31.9. The zero-order valence-electron chi connectivity index (χ0n) is 11.2. The predicted octanol–water partition coefficient (Wildman–Crippen LogP) is 2.88. The van der Waals surface area contributed by atoms with Crippen LogP contribution in [0.25, 0.3) is 0 Å². The number of methoxy groups -OCH3 is 1. The number of piperidine rings is 1. The highest BCUT2D eigenvalue weighted by Crippen LogP contribution is 2.26. The van der Waals surface area contributed by atoms with Crippen molar-refractivity contribution < 1.29 is 13.2 Å². The van der Waals surface area contributed by atoms with Gasteiger partial charge < -0.3 is 4.74 Å². The lowest BCUT2D eigenvalue weighted by Gasteiger charge is -2.30. The molecule has 0 radical (unpaired) electrons. The first-order valence-electron chi connectivity index (χ1n) is 6.36. The summed E-state index contributed by atoms with van der Waals surface area (Å²) in [7, 11) is -1.83. The summed E-state index contributed by atoms with van der Waals surface area (Å²) in [6.45, 7) is 0.944. The minimum absolute atomic E-state index is 0.144. The van der Waals surface area contributed by atoms with Gasteiger partial charge in [0.1, 0.15) is 0 Å². The average molecular weight is 338 g/mol. The van der Waals surface area contributed by atoms with E-state index in [4.69, 9.17) is 27.9 Å². The fraction of sp³-hybridized carbons (Fsp3) is 0.538. The third kappa shape index (κ3) is 3.28. The van der Waals surface area contributed by atoms with Crippen LogP contribution in [0.2, 0.25) is 5.02 Å². The molecule has 0 saturated carbocycles. The van der Waals surface area contributed by atoms with Crippen molar-refractivity contribution in [1.82, 2.24) is 4.31 Å². The highest BCUT2D eigenvalue weighted by Gasteiger charge is 2.29. The van der Waals surface area contributed by atoms with Gasteiger partial charge in [-0.3, -0.25) is 0 Å². The molecule has 0 amide bonds. The van der Waals surface area contributed by atoms with Gasteiger partial charge in [0.25, 0.3) is 0 Å². The highest BCUT2D eigenvalue weighted by atomic mass is 35.5. The minimum Gasteiger partial charge on any atom is -0.381 e. The molecule has 1 fully saturated rings. The second-order valence-electron chi connectivity index (χ2n) is 4.73. The Bertz CT molecular complexity index is 569. The second-order valence-corrected chi connectivity index (χ2v) is 7.34. The number of hydrogen-bond donors (Lipinski definition) is 0. The number of benzene rings is 1. The predicted molar refractivity (Wildman–Crippen MR) is 79.8 cm³/mol. The van der Waals surface area contributed by atoms with Crippen molar-refractivity contribution >= 4 is 33.2 Å². The van der Waals surface area contributed by atoms with Gasteiger partial charge in [0.2, 0.25) is 10.0 Å². The third-order valence-electron chi connectivity index (χ3n) is 3.53. The van der Waals surface area contributed by atoms with Gasteiger partial charge in [-0.1, -0.05) is 11.6 Å². The molecule has 1 aromatic rings. The Morgan fingerprint density at radius 3 is 2.55 bits per heavy atom. The molecular weight excluding hydrogens is 321 g/mol. The summed E-state index contributed by atoms with van der Waals surface area (Å²) in [6, 6.07) is 4.65. The maximum absolute atomic E-state index is 12.6. The van der Waals surface area contributed by atoms with Crippen molar-refractivity contribution in [3.8, 4) is 0 Å². The average Bonchev–Trinajstić information content (AvgIpc) is 2.47. The van der Waals surface area contributed by atoms with Crippen LogP contribution in [0.5, 0.6) is 0 Å². The van der Waals surface area contributed by atoms with E-state index in [9.17, 15) is 8.42 Å². The van der Waals surface area contributed by atoms with Crippen LogP contribution < -0.4 is 0 Å². The Hall–Kier alpha value is -0.330. The fourth-order valence-electron chi connectivity index (χ4n) is 2.27. The van der Waals surface area contributed by atoms with E-state index in [0.717, 1.165) is 0 Å². The first-order valence-corrected chi connectivity index (χ1v) is 8.71. The van der Waals surface area contributed by atoms with E-state index in [2.05, 4.69) is 0 Å². The molecule has 0 aromatic heterocycles. The van der Waals surface area contributed by atoms with E-state index < -0.39 is 10.0 Å². The number of rotatable bonds is 4. The van der Waals surface area contributed by atoms with Gasteiger partial charge in [-0.15, -0.1) is 11.6 Å². The maximum Gasteiger partial charge on any atom is 0.243 e. The summed E-state index contributed by atoms with van der Waals surface area (Å²) in [4.78, 5) is 0.244. The number of nitrogens with zero attached hydrogens (tertiary/aromatic N) is 1. The van der Waals surface area contributed by atoms with Crippen molar-refractivity contribution in [2.24, 2.45) is 0 Å². The highest BCUT2D eigenvalue weighted by molar-refractivity contribution is 7.89.